The van der Waals surface area contributed by atoms with Gasteiger partial charge >= 0.3 is 0 Å². The van der Waals surface area contributed by atoms with Crippen molar-refractivity contribution in [1.82, 2.24) is 24.6 Å². The Hall–Kier alpha value is -2.28. The van der Waals surface area contributed by atoms with Crippen LogP contribution in [-0.4, -0.2) is 44.2 Å². The minimum atomic E-state index is -0.137. The van der Waals surface area contributed by atoms with E-state index in [1.165, 1.54) is 0 Å². The van der Waals surface area contributed by atoms with Crippen molar-refractivity contribution in [3.63, 3.8) is 0 Å². The highest BCUT2D eigenvalue weighted by molar-refractivity contribution is 5.92. The molecule has 2 aromatic rings. The van der Waals surface area contributed by atoms with Crippen molar-refractivity contribution in [3.05, 3.63) is 41.2 Å². The van der Waals surface area contributed by atoms with Gasteiger partial charge in [-0.1, -0.05) is 0 Å². The molecule has 0 aromatic carbocycles. The Balaban J connectivity index is 1.86. The molecule has 3 heterocycles. The monoisotopic (exact) mass is 301 g/mol. The van der Waals surface area contributed by atoms with Gasteiger partial charge in [0.25, 0.3) is 5.91 Å². The first-order valence-electron chi connectivity index (χ1n) is 7.26. The highest BCUT2D eigenvalue weighted by Crippen LogP contribution is 2.25. The Morgan fingerprint density at radius 2 is 2.23 bits per heavy atom. The van der Waals surface area contributed by atoms with Crippen LogP contribution in [0.4, 0.5) is 0 Å². The SMILES string of the molecule is COCc1nnc2n1CCN(C(=O)c1cc(C)ccn1)C2C. The minimum Gasteiger partial charge on any atom is -0.377 e. The van der Waals surface area contributed by atoms with Crippen LogP contribution in [0.25, 0.3) is 0 Å². The first kappa shape index (κ1) is 14.6. The number of fused-ring (bicyclic) bond motifs is 1. The van der Waals surface area contributed by atoms with Gasteiger partial charge in [0.2, 0.25) is 0 Å². The maximum atomic E-state index is 12.7. The summed E-state index contributed by atoms with van der Waals surface area (Å²) in [4.78, 5) is 18.7. The van der Waals surface area contributed by atoms with Crippen LogP contribution in [0.15, 0.2) is 18.3 Å². The molecule has 3 rings (SSSR count). The summed E-state index contributed by atoms with van der Waals surface area (Å²) >= 11 is 0. The number of hydrogen-bond acceptors (Lipinski definition) is 5. The first-order valence-corrected chi connectivity index (χ1v) is 7.26. The molecule has 0 radical (unpaired) electrons. The summed E-state index contributed by atoms with van der Waals surface area (Å²) < 4.78 is 7.16. The maximum Gasteiger partial charge on any atom is 0.273 e. The highest BCUT2D eigenvalue weighted by Gasteiger charge is 2.32. The van der Waals surface area contributed by atoms with Gasteiger partial charge in [0.1, 0.15) is 12.3 Å². The number of ether oxygens (including phenoxy) is 1. The number of aromatic nitrogens is 4. The third kappa shape index (κ3) is 2.48. The summed E-state index contributed by atoms with van der Waals surface area (Å²) in [7, 11) is 1.63. The zero-order valence-electron chi connectivity index (χ0n) is 13.0. The van der Waals surface area contributed by atoms with E-state index >= 15 is 0 Å². The van der Waals surface area contributed by atoms with E-state index in [4.69, 9.17) is 4.74 Å². The first-order chi connectivity index (χ1) is 10.6. The Morgan fingerprint density at radius 3 is 2.95 bits per heavy atom. The molecule has 1 unspecified atom stereocenters. The van der Waals surface area contributed by atoms with Crippen molar-refractivity contribution in [3.8, 4) is 0 Å². The summed E-state index contributed by atoms with van der Waals surface area (Å²) in [5.74, 6) is 1.52. The average Bonchev–Trinajstić information content (AvgIpc) is 2.92. The van der Waals surface area contributed by atoms with Crippen LogP contribution in [-0.2, 0) is 17.9 Å². The van der Waals surface area contributed by atoms with E-state index in [-0.39, 0.29) is 11.9 Å². The van der Waals surface area contributed by atoms with E-state index in [0.717, 1.165) is 17.2 Å². The zero-order valence-corrected chi connectivity index (χ0v) is 13.0. The third-order valence-corrected chi connectivity index (χ3v) is 3.93. The second-order valence-electron chi connectivity index (χ2n) is 5.45. The number of nitrogens with zero attached hydrogens (tertiary/aromatic N) is 5. The second kappa shape index (κ2) is 5.84. The van der Waals surface area contributed by atoms with Crippen LogP contribution < -0.4 is 0 Å². The smallest absolute Gasteiger partial charge is 0.273 e. The van der Waals surface area contributed by atoms with Gasteiger partial charge < -0.3 is 14.2 Å². The topological polar surface area (TPSA) is 73.1 Å². The molecule has 1 aliphatic rings. The molecule has 1 atom stereocenters. The van der Waals surface area contributed by atoms with E-state index in [1.807, 2.05) is 30.5 Å². The summed E-state index contributed by atoms with van der Waals surface area (Å²) in [6.07, 6.45) is 1.66. The summed E-state index contributed by atoms with van der Waals surface area (Å²) in [6.45, 7) is 5.61. The second-order valence-corrected chi connectivity index (χ2v) is 5.45. The molecule has 2 aromatic heterocycles. The van der Waals surface area contributed by atoms with Crippen molar-refractivity contribution in [1.29, 1.82) is 0 Å². The standard InChI is InChI=1S/C15H19N5O2/c1-10-4-5-16-12(8-10)15(21)19-6-7-20-13(9-22-3)17-18-14(20)11(19)2/h4-5,8,11H,6-7,9H2,1-3H3. The lowest BCUT2D eigenvalue weighted by Gasteiger charge is -2.33. The van der Waals surface area contributed by atoms with Gasteiger partial charge in [-0.3, -0.25) is 9.78 Å². The fraction of sp³-hybridized carbons (Fsp3) is 0.467. The van der Waals surface area contributed by atoms with Crippen LogP contribution >= 0.6 is 0 Å². The van der Waals surface area contributed by atoms with Crippen LogP contribution in [0.2, 0.25) is 0 Å². The number of carbonyl (C=O) groups is 1. The van der Waals surface area contributed by atoms with Crippen molar-refractivity contribution in [2.45, 2.75) is 33.0 Å². The number of amides is 1. The lowest BCUT2D eigenvalue weighted by atomic mass is 10.1. The molecular weight excluding hydrogens is 282 g/mol. The molecule has 0 saturated heterocycles. The Morgan fingerprint density at radius 1 is 1.41 bits per heavy atom. The molecular formula is C15H19N5O2. The van der Waals surface area contributed by atoms with Gasteiger partial charge in [-0.25, -0.2) is 0 Å². The maximum absolute atomic E-state index is 12.7. The van der Waals surface area contributed by atoms with Crippen molar-refractivity contribution in [2.75, 3.05) is 13.7 Å². The molecule has 0 saturated carbocycles. The number of hydrogen-bond donors (Lipinski definition) is 0. The quantitative estimate of drug-likeness (QED) is 0.855. The molecule has 0 N–H and O–H groups in total. The van der Waals surface area contributed by atoms with Gasteiger partial charge in [0, 0.05) is 26.4 Å². The van der Waals surface area contributed by atoms with E-state index in [1.54, 1.807) is 18.2 Å². The van der Waals surface area contributed by atoms with Crippen LogP contribution in [0.1, 0.15) is 40.7 Å². The van der Waals surface area contributed by atoms with Gasteiger partial charge in [-0.15, -0.1) is 10.2 Å². The Labute approximate surface area is 128 Å². The van der Waals surface area contributed by atoms with Gasteiger partial charge in [-0.05, 0) is 31.5 Å². The van der Waals surface area contributed by atoms with E-state index in [2.05, 4.69) is 15.2 Å². The van der Waals surface area contributed by atoms with Gasteiger partial charge in [0.05, 0.1) is 6.04 Å². The normalized spacial score (nSPS) is 17.4. The summed E-state index contributed by atoms with van der Waals surface area (Å²) in [5.41, 5.74) is 1.49. The third-order valence-electron chi connectivity index (χ3n) is 3.93. The molecule has 1 amide bonds. The predicted molar refractivity (Wildman–Crippen MR) is 79.2 cm³/mol. The molecule has 0 fully saturated rings. The number of rotatable bonds is 3. The fourth-order valence-electron chi connectivity index (χ4n) is 2.76. The minimum absolute atomic E-state index is 0.0706. The predicted octanol–water partition coefficient (Wildman–Crippen LogP) is 1.34. The molecule has 1 aliphatic heterocycles. The van der Waals surface area contributed by atoms with E-state index in [9.17, 15) is 4.79 Å². The molecule has 7 heteroatoms. The van der Waals surface area contributed by atoms with Crippen molar-refractivity contribution in [2.24, 2.45) is 0 Å². The van der Waals surface area contributed by atoms with Gasteiger partial charge in [-0.2, -0.15) is 0 Å². The molecule has 22 heavy (non-hydrogen) atoms. The molecule has 0 bridgehead atoms. The van der Waals surface area contributed by atoms with E-state index in [0.29, 0.717) is 25.4 Å². The van der Waals surface area contributed by atoms with Gasteiger partial charge in [0.15, 0.2) is 11.6 Å². The van der Waals surface area contributed by atoms with Crippen LogP contribution in [0.5, 0.6) is 0 Å². The fourth-order valence-corrected chi connectivity index (χ4v) is 2.76. The van der Waals surface area contributed by atoms with Crippen LogP contribution in [0, 0.1) is 6.92 Å². The lowest BCUT2D eigenvalue weighted by Crippen LogP contribution is -2.41. The number of pyridine rings is 1. The number of carbonyl (C=O) groups excluding carboxylic acids is 1. The van der Waals surface area contributed by atoms with Crippen molar-refractivity contribution >= 4 is 5.91 Å². The number of aryl methyl sites for hydroxylation is 1. The van der Waals surface area contributed by atoms with E-state index < -0.39 is 0 Å². The lowest BCUT2D eigenvalue weighted by molar-refractivity contribution is 0.0626. The molecule has 7 nitrogen and oxygen atoms in total. The molecule has 0 aliphatic carbocycles. The Bertz CT molecular complexity index is 697. The summed E-state index contributed by atoms with van der Waals surface area (Å²) in [5, 5.41) is 8.37. The van der Waals surface area contributed by atoms with Crippen molar-refractivity contribution < 1.29 is 9.53 Å². The summed E-state index contributed by atoms with van der Waals surface area (Å²) in [6, 6.07) is 3.55. The zero-order chi connectivity index (χ0) is 15.7. The Kier molecular flexibility index (Phi) is 3.89. The molecule has 0 spiro atoms. The largest absolute Gasteiger partial charge is 0.377 e. The number of methoxy groups -OCH3 is 1. The highest BCUT2D eigenvalue weighted by atomic mass is 16.5. The molecule has 116 valence electrons. The average molecular weight is 301 g/mol. The van der Waals surface area contributed by atoms with Crippen LogP contribution in [0.3, 0.4) is 0 Å².